The molecule has 4 N–H and O–H groups in total. The van der Waals surface area contributed by atoms with E-state index in [9.17, 15) is 61.5 Å². The number of amides is 1. The maximum atomic E-state index is 13.1. The Morgan fingerprint density at radius 2 is 0.924 bits per heavy atom. The number of quaternary nitrogens is 2. The molecular weight excluding hydrogens is 1480 g/mol. The Labute approximate surface area is 615 Å². The number of nitrogens with zero attached hydrogens (tertiary/aromatic N) is 11. The van der Waals surface area contributed by atoms with Crippen molar-refractivity contribution < 1.29 is 92.3 Å². The molecule has 0 aliphatic carbocycles. The maximum absolute atomic E-state index is 13.1. The SMILES string of the molecule is C=C1CCC(=O)N1OC(=O)CCCCC[N+](CCCC)(CCC[Si](C)(C)O[Si-]12(O[Si](C)(C)CCC[N+](CCCS(=O)(=O)O)(CCCS(=O)(=O)O)CCCS(=O)(=O)O)n3c4c5ccccc5c3N=C3c5ccccc5C(=[N+]31)N=c1c3ccccc3c(n12)=NC1=[N+]([CH2-])C(=N4)c2ccccc21)CCCS(=O)(=O)O. The van der Waals surface area contributed by atoms with Crippen molar-refractivity contribution >= 4 is 134 Å². The van der Waals surface area contributed by atoms with Crippen LogP contribution in [0.4, 0.5) is 11.6 Å². The van der Waals surface area contributed by atoms with Gasteiger partial charge in [0.15, 0.2) is 0 Å². The van der Waals surface area contributed by atoms with E-state index in [2.05, 4.69) is 59.4 Å². The summed E-state index contributed by atoms with van der Waals surface area (Å²) in [5, 5.41) is 3.88. The summed E-state index contributed by atoms with van der Waals surface area (Å²) < 4.78 is 166. The summed E-state index contributed by atoms with van der Waals surface area (Å²) in [5.74, 6) is -0.273. The topological polar surface area (TPSA) is 348 Å². The molecule has 4 aromatic carbocycles. The molecule has 1 amide bonds. The van der Waals surface area contributed by atoms with Crippen LogP contribution >= 0.6 is 0 Å². The van der Waals surface area contributed by atoms with Gasteiger partial charge in [0.2, 0.25) is 0 Å². The van der Waals surface area contributed by atoms with Gasteiger partial charge in [-0.15, -0.1) is 5.06 Å². The van der Waals surface area contributed by atoms with E-state index in [-0.39, 0.29) is 75.1 Å². The number of aliphatic imine (C=N–C) groups is 2. The molecule has 105 heavy (non-hydrogen) atoms. The summed E-state index contributed by atoms with van der Waals surface area (Å²) in [7, 11) is -26.6. The van der Waals surface area contributed by atoms with Crippen LogP contribution in [-0.2, 0) is 63.1 Å². The van der Waals surface area contributed by atoms with Crippen LogP contribution in [0.25, 0.3) is 21.5 Å². The number of amidine groups is 4. The minimum absolute atomic E-state index is 0.0439. The molecule has 6 aliphatic rings. The van der Waals surface area contributed by atoms with Crippen LogP contribution in [-0.4, -0.2) is 219 Å². The monoisotopic (exact) mass is 1570 g/mol. The molecule has 28 nitrogen and oxygen atoms in total. The van der Waals surface area contributed by atoms with E-state index >= 15 is 0 Å². The molecule has 1 saturated heterocycles. The number of fused-ring (bicyclic) bond motifs is 13. The number of hydrogen-bond donors (Lipinski definition) is 4. The van der Waals surface area contributed by atoms with Crippen LogP contribution < -0.4 is 11.0 Å². The van der Waals surface area contributed by atoms with Crippen molar-refractivity contribution in [3.63, 3.8) is 0 Å². The number of allylic oxidation sites excluding steroid dienone is 1. The Morgan fingerprint density at radius 3 is 1.38 bits per heavy atom. The first-order valence-corrected chi connectivity index (χ1v) is 50.8. The van der Waals surface area contributed by atoms with Crippen molar-refractivity contribution in [2.24, 2.45) is 20.0 Å². The first kappa shape index (κ1) is 77.5. The first-order valence-electron chi connectivity index (χ1n) is 36.0. The van der Waals surface area contributed by atoms with Crippen molar-refractivity contribution in [2.75, 3.05) is 75.4 Å². The van der Waals surface area contributed by atoms with Gasteiger partial charge in [0.05, 0.1) is 5.70 Å². The molecular formula is C70H95N11O17S4Si3+2. The van der Waals surface area contributed by atoms with E-state index in [1.165, 1.54) is 0 Å². The molecule has 6 aromatic rings. The van der Waals surface area contributed by atoms with Crippen molar-refractivity contribution in [1.82, 2.24) is 13.5 Å². The number of aromatic nitrogens is 2. The number of rotatable bonds is 38. The van der Waals surface area contributed by atoms with Gasteiger partial charge in [-0.25, -0.2) is 4.79 Å². The van der Waals surface area contributed by atoms with Gasteiger partial charge < -0.3 is 4.84 Å². The zero-order chi connectivity index (χ0) is 75.4. The van der Waals surface area contributed by atoms with E-state index in [1.807, 2.05) is 97.1 Å². The molecule has 2 aromatic heterocycles. The molecule has 0 saturated carbocycles. The molecule has 1 unspecified atom stereocenters. The van der Waals surface area contributed by atoms with Crippen LogP contribution in [0.5, 0.6) is 0 Å². The average molecular weight is 1580 g/mol. The average Bonchev–Trinajstić information content (AvgIpc) is 1.49. The van der Waals surface area contributed by atoms with Crippen molar-refractivity contribution in [3.8, 4) is 0 Å². The quantitative estimate of drug-likeness (QED) is 0.00704. The van der Waals surface area contributed by atoms with Gasteiger partial charge in [0, 0.05) is 6.42 Å². The molecule has 566 valence electrons. The third-order valence-corrected chi connectivity index (χ3v) is 38.3. The molecule has 12 rings (SSSR count). The van der Waals surface area contributed by atoms with Gasteiger partial charge in [-0.05, 0) is 6.42 Å². The van der Waals surface area contributed by atoms with Gasteiger partial charge in [-0.1, -0.05) is 6.58 Å². The van der Waals surface area contributed by atoms with E-state index in [1.54, 1.807) is 4.58 Å². The van der Waals surface area contributed by atoms with E-state index in [0.717, 1.165) is 61.7 Å². The molecule has 0 radical (unpaired) electrons. The number of hydrogen-bond acceptors (Lipinski definition) is 17. The fourth-order valence-electron chi connectivity index (χ4n) is 16.6. The molecule has 1 atom stereocenters. The summed E-state index contributed by atoms with van der Waals surface area (Å²) in [4.78, 5) is 54.3. The summed E-state index contributed by atoms with van der Waals surface area (Å²) in [5.41, 5.74) is 4.41. The molecule has 8 heterocycles. The van der Waals surface area contributed by atoms with Gasteiger partial charge in [-0.3, -0.25) is 4.79 Å². The molecule has 0 spiro atoms. The Morgan fingerprint density at radius 1 is 0.524 bits per heavy atom. The van der Waals surface area contributed by atoms with Crippen molar-refractivity contribution in [2.45, 2.75) is 135 Å². The number of benzene rings is 4. The van der Waals surface area contributed by atoms with Crippen LogP contribution in [0.2, 0.25) is 38.3 Å². The Kier molecular flexibility index (Phi) is 21.8. The van der Waals surface area contributed by atoms with Gasteiger partial charge in [0.1, 0.15) is 0 Å². The predicted molar refractivity (Wildman–Crippen MR) is 406 cm³/mol. The molecule has 6 aliphatic heterocycles. The zero-order valence-corrected chi connectivity index (χ0v) is 66.4. The zero-order valence-electron chi connectivity index (χ0n) is 60.1. The normalized spacial score (nSPS) is 17.7. The summed E-state index contributed by atoms with van der Waals surface area (Å²) in [6.45, 7) is 17.2. The molecule has 35 heteroatoms. The second kappa shape index (κ2) is 29.5. The van der Waals surface area contributed by atoms with Gasteiger partial charge >= 0.3 is 569 Å². The second-order valence-corrected chi connectivity index (χ2v) is 49.1. The summed E-state index contributed by atoms with van der Waals surface area (Å²) in [6.07, 6.45) is 4.91. The second-order valence-electron chi connectivity index (χ2n) is 29.9. The van der Waals surface area contributed by atoms with E-state index in [0.29, 0.717) is 133 Å². The summed E-state index contributed by atoms with van der Waals surface area (Å²) >= 11 is 0. The van der Waals surface area contributed by atoms with Crippen molar-refractivity contribution in [1.29, 1.82) is 0 Å². The minimum atomic E-state index is -6.25. The summed E-state index contributed by atoms with van der Waals surface area (Å²) in [6, 6.07) is 32.5. The number of unbranched alkanes of at least 4 members (excludes halogenated alkanes) is 3. The van der Waals surface area contributed by atoms with Crippen LogP contribution in [0.1, 0.15) is 119 Å². The molecule has 1 fully saturated rings. The van der Waals surface area contributed by atoms with Gasteiger partial charge in [-0.2, -0.15) is 0 Å². The molecule has 2 bridgehead atoms. The first-order chi connectivity index (χ1) is 49.5. The Bertz CT molecular complexity index is 5170. The predicted octanol–water partition coefficient (Wildman–Crippen LogP) is 8.58. The standard InChI is InChI=1S/C70H93N11O17S4Si3/c1-8-9-38-80(40-21-46-99(84,85)86,39-20-10-11-35-62(83)96-76-52(2)36-37-61(76)82)44-25-50-103(4,5)97-105(98-104(6,7)51-26-45-81(41-22-47-100(87,88)89,42-23-48-101(90,91)92)43-24-49-102(93,94)95)77-65-55-29-14-16-31-57(55)67(77)73-69-59-33-18-19-34-60(59)70(79(69)105)74-68-58-32-17-15-30-56(58)66(78(68)105)72-64-54-28-13-12-27-53(54)63(71-65)75(64)3/h12-19,27-34H,2-3,8-11,20-26,35-51H2,1,4-7H3,(H2-2,84,85,86,87,88,89,90,91,92,93,94,95)/p+2. The third kappa shape index (κ3) is 16.0. The van der Waals surface area contributed by atoms with Crippen LogP contribution in [0.3, 0.4) is 0 Å². The number of carbonyl (C=O) groups is 2. The fraction of sp³-hybridized carbons (Fsp3) is 0.471. The fourth-order valence-corrected chi connectivity index (χ4v) is 35.7. The van der Waals surface area contributed by atoms with E-state index < -0.39 is 94.4 Å². The van der Waals surface area contributed by atoms with Crippen LogP contribution in [0.15, 0.2) is 129 Å². The third-order valence-electron chi connectivity index (χ3n) is 21.1. The van der Waals surface area contributed by atoms with Crippen molar-refractivity contribution in [3.05, 3.63) is 150 Å². The number of hydroxylamine groups is 2. The van der Waals surface area contributed by atoms with Gasteiger partial charge in [0.25, 0.3) is 5.91 Å². The number of carbonyl (C=O) groups excluding carboxylic acids is 2. The van der Waals surface area contributed by atoms with Crippen LogP contribution in [0, 0.1) is 7.05 Å². The Balaban J connectivity index is 1.05. The van der Waals surface area contributed by atoms with E-state index in [4.69, 9.17) is 33.0 Å². The Hall–Kier alpha value is -7.08.